The second-order valence-corrected chi connectivity index (χ2v) is 4.61. The zero-order valence-corrected chi connectivity index (χ0v) is 12.9. The van der Waals surface area contributed by atoms with Gasteiger partial charge in [-0.05, 0) is 39.3 Å². The molecule has 0 aliphatic rings. The van der Waals surface area contributed by atoms with Gasteiger partial charge in [0.25, 0.3) is 0 Å². The van der Waals surface area contributed by atoms with E-state index in [0.29, 0.717) is 0 Å². The molecular formula is C15H32ClN. The normalized spacial score (nSPS) is 11.1. The molecule has 0 saturated carbocycles. The van der Waals surface area contributed by atoms with E-state index < -0.39 is 0 Å². The van der Waals surface area contributed by atoms with Crippen molar-refractivity contribution in [2.45, 2.75) is 65.7 Å². The zero-order valence-electron chi connectivity index (χ0n) is 12.1. The van der Waals surface area contributed by atoms with E-state index in [1.165, 1.54) is 64.6 Å². The van der Waals surface area contributed by atoms with Crippen molar-refractivity contribution in [2.75, 3.05) is 19.6 Å². The first-order chi connectivity index (χ1) is 7.85. The molecule has 0 radical (unpaired) electrons. The van der Waals surface area contributed by atoms with Crippen molar-refractivity contribution in [1.82, 2.24) is 4.90 Å². The first-order valence-electron chi connectivity index (χ1n) is 7.18. The van der Waals surface area contributed by atoms with Gasteiger partial charge in [0, 0.05) is 6.54 Å². The topological polar surface area (TPSA) is 3.24 Å². The van der Waals surface area contributed by atoms with Gasteiger partial charge >= 0.3 is 0 Å². The van der Waals surface area contributed by atoms with Crippen molar-refractivity contribution in [3.8, 4) is 0 Å². The lowest BCUT2D eigenvalue weighted by atomic mass is 10.2. The summed E-state index contributed by atoms with van der Waals surface area (Å²) in [5.74, 6) is 0. The summed E-state index contributed by atoms with van der Waals surface area (Å²) in [5.41, 5.74) is 0. The van der Waals surface area contributed by atoms with Crippen molar-refractivity contribution in [1.29, 1.82) is 0 Å². The molecule has 1 nitrogen and oxygen atoms in total. The Morgan fingerprint density at radius 3 is 1.76 bits per heavy atom. The van der Waals surface area contributed by atoms with E-state index >= 15 is 0 Å². The molecule has 0 unspecified atom stereocenters. The van der Waals surface area contributed by atoms with Crippen LogP contribution in [0.2, 0.25) is 0 Å². The molecule has 0 aromatic carbocycles. The van der Waals surface area contributed by atoms with Gasteiger partial charge in [-0.2, -0.15) is 0 Å². The lowest BCUT2D eigenvalue weighted by Gasteiger charge is -2.21. The number of hydrogen-bond acceptors (Lipinski definition) is 1. The maximum absolute atomic E-state index is 2.64. The Labute approximate surface area is 115 Å². The molecule has 2 heteroatoms. The highest BCUT2D eigenvalue weighted by molar-refractivity contribution is 5.85. The van der Waals surface area contributed by atoms with Crippen LogP contribution in [0.1, 0.15) is 65.7 Å². The molecular weight excluding hydrogens is 230 g/mol. The molecule has 104 valence electrons. The Bertz CT molecular complexity index is 147. The summed E-state index contributed by atoms with van der Waals surface area (Å²) in [6, 6.07) is 0. The van der Waals surface area contributed by atoms with Crippen LogP contribution in [0.3, 0.4) is 0 Å². The average molecular weight is 262 g/mol. The Morgan fingerprint density at radius 1 is 0.824 bits per heavy atom. The highest BCUT2D eigenvalue weighted by Gasteiger charge is 2.02. The Hall–Kier alpha value is -0.0100. The predicted octanol–water partition coefficient (Wildman–Crippen LogP) is 5.06. The van der Waals surface area contributed by atoms with Gasteiger partial charge in [-0.15, -0.1) is 12.4 Å². The lowest BCUT2D eigenvalue weighted by molar-refractivity contribution is 0.266. The minimum absolute atomic E-state index is 0. The first-order valence-corrected chi connectivity index (χ1v) is 7.18. The maximum Gasteiger partial charge on any atom is 0.00159 e. The van der Waals surface area contributed by atoms with E-state index in [1.54, 1.807) is 0 Å². The monoisotopic (exact) mass is 261 g/mol. The highest BCUT2D eigenvalue weighted by atomic mass is 35.5. The summed E-state index contributed by atoms with van der Waals surface area (Å²) in [4.78, 5) is 2.64. The van der Waals surface area contributed by atoms with E-state index in [1.807, 2.05) is 0 Å². The molecule has 0 rings (SSSR count). The zero-order chi connectivity index (χ0) is 12.1. The summed E-state index contributed by atoms with van der Waals surface area (Å²) in [6.07, 6.45) is 13.8. The standard InChI is InChI=1S/C15H31N.ClH/c1-4-7-10-13-16(14-11-8-5-2)15-12-9-6-3;/h4,7H,5-6,8-15H2,1-3H3;1H/b7-4+;. The number of allylic oxidation sites excluding steroid dienone is 1. The number of rotatable bonds is 11. The number of halogens is 1. The van der Waals surface area contributed by atoms with Crippen molar-refractivity contribution in [3.05, 3.63) is 12.2 Å². The van der Waals surface area contributed by atoms with Gasteiger partial charge in [-0.1, -0.05) is 51.7 Å². The quantitative estimate of drug-likeness (QED) is 0.371. The summed E-state index contributed by atoms with van der Waals surface area (Å²) >= 11 is 0. The van der Waals surface area contributed by atoms with E-state index in [2.05, 4.69) is 37.8 Å². The van der Waals surface area contributed by atoms with Gasteiger partial charge in [0.05, 0.1) is 0 Å². The molecule has 17 heavy (non-hydrogen) atoms. The van der Waals surface area contributed by atoms with Crippen molar-refractivity contribution in [3.63, 3.8) is 0 Å². The van der Waals surface area contributed by atoms with Crippen LogP contribution in [0, 0.1) is 0 Å². The lowest BCUT2D eigenvalue weighted by Crippen LogP contribution is -2.27. The summed E-state index contributed by atoms with van der Waals surface area (Å²) in [7, 11) is 0. The average Bonchev–Trinajstić information content (AvgIpc) is 2.29. The van der Waals surface area contributed by atoms with Gasteiger partial charge in [0.1, 0.15) is 0 Å². The van der Waals surface area contributed by atoms with Crippen LogP contribution in [0.4, 0.5) is 0 Å². The van der Waals surface area contributed by atoms with Gasteiger partial charge in [-0.25, -0.2) is 0 Å². The molecule has 0 aromatic heterocycles. The van der Waals surface area contributed by atoms with Crippen molar-refractivity contribution in [2.24, 2.45) is 0 Å². The van der Waals surface area contributed by atoms with E-state index in [9.17, 15) is 0 Å². The molecule has 0 spiro atoms. The van der Waals surface area contributed by atoms with Crippen LogP contribution >= 0.6 is 12.4 Å². The number of nitrogens with zero attached hydrogens (tertiary/aromatic N) is 1. The second-order valence-electron chi connectivity index (χ2n) is 4.61. The fourth-order valence-electron chi connectivity index (χ4n) is 1.93. The van der Waals surface area contributed by atoms with Crippen LogP contribution in [-0.2, 0) is 0 Å². The van der Waals surface area contributed by atoms with Crippen LogP contribution in [0.15, 0.2) is 12.2 Å². The molecule has 0 bridgehead atoms. The van der Waals surface area contributed by atoms with Gasteiger partial charge in [0.2, 0.25) is 0 Å². The third-order valence-electron chi connectivity index (χ3n) is 3.00. The summed E-state index contributed by atoms with van der Waals surface area (Å²) < 4.78 is 0. The first kappa shape index (κ1) is 19.3. The van der Waals surface area contributed by atoms with Gasteiger partial charge in [-0.3, -0.25) is 0 Å². The smallest absolute Gasteiger partial charge is 0.00159 e. The van der Waals surface area contributed by atoms with Gasteiger partial charge < -0.3 is 4.90 Å². The molecule has 0 saturated heterocycles. The third kappa shape index (κ3) is 13.9. The predicted molar refractivity (Wildman–Crippen MR) is 82.2 cm³/mol. The van der Waals surface area contributed by atoms with Crippen molar-refractivity contribution >= 4 is 12.4 Å². The highest BCUT2D eigenvalue weighted by Crippen LogP contribution is 2.03. The largest absolute Gasteiger partial charge is 0.303 e. The number of unbranched alkanes of at least 4 members (excludes halogenated alkanes) is 4. The molecule has 0 aliphatic carbocycles. The van der Waals surface area contributed by atoms with Gasteiger partial charge in [0.15, 0.2) is 0 Å². The fraction of sp³-hybridized carbons (Fsp3) is 0.867. The van der Waals surface area contributed by atoms with Crippen molar-refractivity contribution < 1.29 is 0 Å². The third-order valence-corrected chi connectivity index (χ3v) is 3.00. The van der Waals surface area contributed by atoms with E-state index in [4.69, 9.17) is 0 Å². The summed E-state index contributed by atoms with van der Waals surface area (Å²) in [5, 5.41) is 0. The Morgan fingerprint density at radius 2 is 1.35 bits per heavy atom. The minimum Gasteiger partial charge on any atom is -0.303 e. The Kier molecular flexibility index (Phi) is 18.2. The van der Waals surface area contributed by atoms with E-state index in [0.717, 1.165) is 0 Å². The fourth-order valence-corrected chi connectivity index (χ4v) is 1.93. The van der Waals surface area contributed by atoms with Crippen LogP contribution < -0.4 is 0 Å². The second kappa shape index (κ2) is 16.0. The van der Waals surface area contributed by atoms with Crippen LogP contribution in [0.25, 0.3) is 0 Å². The molecule has 0 atom stereocenters. The maximum atomic E-state index is 2.64. The minimum atomic E-state index is 0. The van der Waals surface area contributed by atoms with Crippen LogP contribution in [0.5, 0.6) is 0 Å². The molecule has 0 heterocycles. The molecule has 0 aromatic rings. The molecule has 0 amide bonds. The van der Waals surface area contributed by atoms with E-state index in [-0.39, 0.29) is 12.4 Å². The SMILES string of the molecule is C/C=C/CCN(CCCCC)CCCCC.Cl. The Balaban J connectivity index is 0. The molecule has 0 fully saturated rings. The molecule has 0 aliphatic heterocycles. The molecule has 0 N–H and O–H groups in total. The number of hydrogen-bond donors (Lipinski definition) is 0. The van der Waals surface area contributed by atoms with Crippen LogP contribution in [-0.4, -0.2) is 24.5 Å². The summed E-state index contributed by atoms with van der Waals surface area (Å²) in [6.45, 7) is 10.5.